The first-order valence-corrected chi connectivity index (χ1v) is 7.19. The number of rotatable bonds is 4. The fourth-order valence-corrected chi connectivity index (χ4v) is 2.80. The van der Waals surface area contributed by atoms with Gasteiger partial charge in [-0.25, -0.2) is 4.79 Å². The molecule has 2 atom stereocenters. The van der Waals surface area contributed by atoms with Crippen LogP contribution in [0.1, 0.15) is 36.0 Å². The normalized spacial score (nSPS) is 22.4. The Morgan fingerprint density at radius 3 is 2.85 bits per heavy atom. The SMILES string of the molecule is COC(=O)c1cc(Cl)ccc1NC1CCCC(OC)C1. The molecule has 2 rings (SSSR count). The topological polar surface area (TPSA) is 47.6 Å². The lowest BCUT2D eigenvalue weighted by Crippen LogP contribution is -2.31. The zero-order chi connectivity index (χ0) is 14.5. The average molecular weight is 298 g/mol. The highest BCUT2D eigenvalue weighted by molar-refractivity contribution is 6.31. The largest absolute Gasteiger partial charge is 0.465 e. The smallest absolute Gasteiger partial charge is 0.340 e. The van der Waals surface area contributed by atoms with E-state index in [1.165, 1.54) is 7.11 Å². The van der Waals surface area contributed by atoms with E-state index in [2.05, 4.69) is 5.32 Å². The van der Waals surface area contributed by atoms with Crippen molar-refractivity contribution in [2.75, 3.05) is 19.5 Å². The molecule has 5 heteroatoms. The fourth-order valence-electron chi connectivity index (χ4n) is 2.63. The summed E-state index contributed by atoms with van der Waals surface area (Å²) in [5.41, 5.74) is 1.24. The van der Waals surface area contributed by atoms with E-state index < -0.39 is 0 Å². The molecule has 0 bridgehead atoms. The molecule has 1 aromatic rings. The van der Waals surface area contributed by atoms with E-state index in [1.54, 1.807) is 19.2 Å². The number of ether oxygens (including phenoxy) is 2. The van der Waals surface area contributed by atoms with Crippen LogP contribution in [0.25, 0.3) is 0 Å². The van der Waals surface area contributed by atoms with Gasteiger partial charge in [0.05, 0.1) is 18.8 Å². The summed E-state index contributed by atoms with van der Waals surface area (Å²) >= 11 is 5.95. The molecule has 1 aliphatic carbocycles. The Morgan fingerprint density at radius 2 is 2.15 bits per heavy atom. The van der Waals surface area contributed by atoms with E-state index in [0.29, 0.717) is 16.6 Å². The Kier molecular flexibility index (Phi) is 5.26. The van der Waals surface area contributed by atoms with Crippen molar-refractivity contribution in [2.45, 2.75) is 37.8 Å². The Bertz CT molecular complexity index is 478. The molecule has 0 aliphatic heterocycles. The zero-order valence-corrected chi connectivity index (χ0v) is 12.6. The standard InChI is InChI=1S/C15H20ClNO3/c1-19-12-5-3-4-11(9-12)17-14-7-6-10(16)8-13(14)15(18)20-2/h6-8,11-12,17H,3-5,9H2,1-2H3. The van der Waals surface area contributed by atoms with Gasteiger partial charge in [-0.15, -0.1) is 0 Å². The van der Waals surface area contributed by atoms with Gasteiger partial charge in [-0.05, 0) is 43.9 Å². The van der Waals surface area contributed by atoms with Crippen LogP contribution in [-0.2, 0) is 9.47 Å². The van der Waals surface area contributed by atoms with Gasteiger partial charge in [0.15, 0.2) is 0 Å². The van der Waals surface area contributed by atoms with Gasteiger partial charge in [0.1, 0.15) is 0 Å². The van der Waals surface area contributed by atoms with Gasteiger partial charge < -0.3 is 14.8 Å². The number of hydrogen-bond donors (Lipinski definition) is 1. The van der Waals surface area contributed by atoms with Crippen molar-refractivity contribution in [3.05, 3.63) is 28.8 Å². The fraction of sp³-hybridized carbons (Fsp3) is 0.533. The Labute approximate surface area is 124 Å². The van der Waals surface area contributed by atoms with Gasteiger partial charge in [0.2, 0.25) is 0 Å². The number of benzene rings is 1. The summed E-state index contributed by atoms with van der Waals surface area (Å²) in [5.74, 6) is -0.380. The average Bonchev–Trinajstić information content (AvgIpc) is 2.48. The van der Waals surface area contributed by atoms with E-state index in [4.69, 9.17) is 21.1 Å². The molecule has 0 amide bonds. The molecule has 1 aromatic carbocycles. The second-order valence-electron chi connectivity index (χ2n) is 5.05. The van der Waals surface area contributed by atoms with Crippen LogP contribution in [0.3, 0.4) is 0 Å². The predicted molar refractivity (Wildman–Crippen MR) is 79.5 cm³/mol. The molecular weight excluding hydrogens is 278 g/mol. The van der Waals surface area contributed by atoms with Crippen molar-refractivity contribution < 1.29 is 14.3 Å². The summed E-state index contributed by atoms with van der Waals surface area (Å²) in [6, 6.07) is 5.53. The van der Waals surface area contributed by atoms with Gasteiger partial charge in [0, 0.05) is 23.9 Å². The highest BCUT2D eigenvalue weighted by atomic mass is 35.5. The third-order valence-electron chi connectivity index (χ3n) is 3.71. The van der Waals surface area contributed by atoms with E-state index in [-0.39, 0.29) is 12.1 Å². The number of halogens is 1. The number of methoxy groups -OCH3 is 2. The summed E-state index contributed by atoms with van der Waals surface area (Å²) < 4.78 is 10.2. The van der Waals surface area contributed by atoms with Gasteiger partial charge >= 0.3 is 5.97 Å². The Morgan fingerprint density at radius 1 is 1.35 bits per heavy atom. The van der Waals surface area contributed by atoms with Crippen LogP contribution in [0, 0.1) is 0 Å². The molecule has 20 heavy (non-hydrogen) atoms. The van der Waals surface area contributed by atoms with E-state index in [0.717, 1.165) is 31.4 Å². The minimum Gasteiger partial charge on any atom is -0.465 e. The first kappa shape index (κ1) is 15.1. The number of esters is 1. The van der Waals surface area contributed by atoms with Crippen LogP contribution >= 0.6 is 11.6 Å². The number of hydrogen-bond acceptors (Lipinski definition) is 4. The van der Waals surface area contributed by atoms with Crippen LogP contribution in [0.15, 0.2) is 18.2 Å². The number of anilines is 1. The molecule has 0 saturated heterocycles. The number of carbonyl (C=O) groups excluding carboxylic acids is 1. The lowest BCUT2D eigenvalue weighted by Gasteiger charge is -2.30. The van der Waals surface area contributed by atoms with Gasteiger partial charge in [0.25, 0.3) is 0 Å². The molecule has 0 heterocycles. The molecule has 2 unspecified atom stereocenters. The van der Waals surface area contributed by atoms with Crippen LogP contribution < -0.4 is 5.32 Å². The van der Waals surface area contributed by atoms with E-state index in [9.17, 15) is 4.79 Å². The number of carbonyl (C=O) groups is 1. The zero-order valence-electron chi connectivity index (χ0n) is 11.8. The van der Waals surface area contributed by atoms with Gasteiger partial charge in [-0.3, -0.25) is 0 Å². The van der Waals surface area contributed by atoms with Crippen molar-refractivity contribution >= 4 is 23.3 Å². The third kappa shape index (κ3) is 3.64. The van der Waals surface area contributed by atoms with Crippen molar-refractivity contribution in [2.24, 2.45) is 0 Å². The minimum atomic E-state index is -0.380. The predicted octanol–water partition coefficient (Wildman–Crippen LogP) is 3.50. The molecular formula is C15H20ClNO3. The monoisotopic (exact) mass is 297 g/mol. The maximum Gasteiger partial charge on any atom is 0.340 e. The van der Waals surface area contributed by atoms with Crippen LogP contribution in [0.5, 0.6) is 0 Å². The molecule has 0 aromatic heterocycles. The summed E-state index contributed by atoms with van der Waals surface area (Å²) in [4.78, 5) is 11.8. The maximum absolute atomic E-state index is 11.8. The second-order valence-corrected chi connectivity index (χ2v) is 5.48. The van der Waals surface area contributed by atoms with E-state index in [1.807, 2.05) is 6.07 Å². The van der Waals surface area contributed by atoms with Crippen molar-refractivity contribution in [3.63, 3.8) is 0 Å². The Hall–Kier alpha value is -1.26. The molecule has 1 N–H and O–H groups in total. The summed E-state index contributed by atoms with van der Waals surface area (Å²) in [7, 11) is 3.11. The highest BCUT2D eigenvalue weighted by Gasteiger charge is 2.23. The van der Waals surface area contributed by atoms with Crippen molar-refractivity contribution in [1.82, 2.24) is 0 Å². The van der Waals surface area contributed by atoms with E-state index >= 15 is 0 Å². The molecule has 110 valence electrons. The summed E-state index contributed by atoms with van der Waals surface area (Å²) in [6.07, 6.45) is 4.52. The molecule has 1 saturated carbocycles. The van der Waals surface area contributed by atoms with Gasteiger partial charge in [-0.1, -0.05) is 11.6 Å². The highest BCUT2D eigenvalue weighted by Crippen LogP contribution is 2.27. The molecule has 1 fully saturated rings. The molecule has 0 spiro atoms. The van der Waals surface area contributed by atoms with Crippen LogP contribution in [0.4, 0.5) is 5.69 Å². The summed E-state index contributed by atoms with van der Waals surface area (Å²) in [6.45, 7) is 0. The second kappa shape index (κ2) is 6.95. The first-order valence-electron chi connectivity index (χ1n) is 6.81. The summed E-state index contributed by atoms with van der Waals surface area (Å²) in [5, 5.41) is 3.94. The lowest BCUT2D eigenvalue weighted by atomic mass is 9.92. The molecule has 0 radical (unpaired) electrons. The third-order valence-corrected chi connectivity index (χ3v) is 3.94. The Balaban J connectivity index is 2.14. The van der Waals surface area contributed by atoms with Crippen LogP contribution in [0.2, 0.25) is 5.02 Å². The molecule has 4 nitrogen and oxygen atoms in total. The van der Waals surface area contributed by atoms with Gasteiger partial charge in [-0.2, -0.15) is 0 Å². The van der Waals surface area contributed by atoms with Crippen molar-refractivity contribution in [1.29, 1.82) is 0 Å². The molecule has 1 aliphatic rings. The quantitative estimate of drug-likeness (QED) is 0.864. The minimum absolute atomic E-state index is 0.287. The van der Waals surface area contributed by atoms with Crippen molar-refractivity contribution in [3.8, 4) is 0 Å². The first-order chi connectivity index (χ1) is 9.63. The van der Waals surface area contributed by atoms with Crippen LogP contribution in [-0.4, -0.2) is 32.3 Å². The number of nitrogens with one attached hydrogen (secondary N) is 1. The maximum atomic E-state index is 11.8. The lowest BCUT2D eigenvalue weighted by molar-refractivity contribution is 0.0601.